The second-order valence-corrected chi connectivity index (χ2v) is 3.25. The van der Waals surface area contributed by atoms with Crippen LogP contribution in [-0.2, 0) is 14.2 Å². The first-order chi connectivity index (χ1) is 7.41. The number of hydrogen-bond acceptors (Lipinski definition) is 3. The molecule has 0 radical (unpaired) electrons. The number of hydrogen-bond donors (Lipinski definition) is 1. The summed E-state index contributed by atoms with van der Waals surface area (Å²) in [4.78, 5) is 0. The summed E-state index contributed by atoms with van der Waals surface area (Å²) in [7, 11) is 0. The van der Waals surface area contributed by atoms with Crippen LogP contribution in [-0.4, -0.2) is 46.2 Å². The minimum Gasteiger partial charge on any atom is -0.379 e. The van der Waals surface area contributed by atoms with Crippen molar-refractivity contribution in [2.24, 2.45) is 0 Å². The van der Waals surface area contributed by atoms with E-state index in [2.05, 4.69) is 12.7 Å². The fraction of sp³-hybridized carbons (Fsp3) is 0.909. The number of unbranched alkanes of at least 4 members (excludes halogenated alkanes) is 1. The molecule has 0 aliphatic rings. The van der Waals surface area contributed by atoms with Crippen molar-refractivity contribution in [1.29, 1.82) is 0 Å². The monoisotopic (exact) mass is 219 g/mol. The average molecular weight is 219 g/mol. The van der Waals surface area contributed by atoms with Crippen LogP contribution in [0, 0.1) is 6.92 Å². The van der Waals surface area contributed by atoms with Crippen LogP contribution in [0.5, 0.6) is 0 Å². The first-order valence-corrected chi connectivity index (χ1v) is 5.73. The largest absolute Gasteiger partial charge is 0.379 e. The van der Waals surface area contributed by atoms with Crippen molar-refractivity contribution in [3.8, 4) is 0 Å². The molecule has 0 bridgehead atoms. The number of quaternary nitrogens is 1. The van der Waals surface area contributed by atoms with Gasteiger partial charge in [-0.3, -0.25) is 0 Å². The first-order valence-electron chi connectivity index (χ1n) is 5.73. The Balaban J connectivity index is 2.81. The van der Waals surface area contributed by atoms with Gasteiger partial charge in [-0.2, -0.15) is 0 Å². The predicted molar refractivity (Wildman–Crippen MR) is 59.4 cm³/mol. The van der Waals surface area contributed by atoms with E-state index in [9.17, 15) is 0 Å². The van der Waals surface area contributed by atoms with Crippen molar-refractivity contribution >= 4 is 0 Å². The fourth-order valence-electron chi connectivity index (χ4n) is 0.950. The van der Waals surface area contributed by atoms with E-state index in [1.807, 2.05) is 0 Å². The molecule has 15 heavy (non-hydrogen) atoms. The number of rotatable bonds is 12. The maximum Gasteiger partial charge on any atom is 0.0872 e. The summed E-state index contributed by atoms with van der Waals surface area (Å²) in [6, 6.07) is 0. The predicted octanol–water partition coefficient (Wildman–Crippen LogP) is 0.282. The Bertz CT molecular complexity index is 100. The van der Waals surface area contributed by atoms with Crippen molar-refractivity contribution in [3.05, 3.63) is 6.92 Å². The van der Waals surface area contributed by atoms with Crippen LogP contribution in [0.15, 0.2) is 0 Å². The van der Waals surface area contributed by atoms with Crippen LogP contribution < -0.4 is 5.73 Å². The van der Waals surface area contributed by atoms with E-state index < -0.39 is 0 Å². The molecule has 90 valence electrons. The molecule has 0 aromatic carbocycles. The summed E-state index contributed by atoms with van der Waals surface area (Å²) in [6.07, 6.45) is 2.98. The lowest BCUT2D eigenvalue weighted by molar-refractivity contribution is -0.369. The van der Waals surface area contributed by atoms with Gasteiger partial charge in [-0.15, -0.1) is 0 Å². The van der Waals surface area contributed by atoms with Gasteiger partial charge >= 0.3 is 0 Å². The lowest BCUT2D eigenvalue weighted by Crippen LogP contribution is -2.50. The lowest BCUT2D eigenvalue weighted by atomic mass is 10.4. The van der Waals surface area contributed by atoms with E-state index in [1.54, 1.807) is 0 Å². The van der Waals surface area contributed by atoms with Crippen LogP contribution in [0.4, 0.5) is 0 Å². The average Bonchev–Trinajstić information content (AvgIpc) is 2.26. The molecule has 3 N–H and O–H groups in total. The molecule has 0 aliphatic heterocycles. The molecular weight excluding hydrogens is 194 g/mol. The Kier molecular flexibility index (Phi) is 13.4. The van der Waals surface area contributed by atoms with E-state index in [0.29, 0.717) is 26.4 Å². The standard InChI is InChI=1S/C11H24NO3/c1-2-3-6-13-8-10-15-11-9-14-7-4-5-12/h1-12H2/q+1/p+1. The minimum atomic E-state index is 0.649. The van der Waals surface area contributed by atoms with Crippen molar-refractivity contribution in [2.75, 3.05) is 46.2 Å². The van der Waals surface area contributed by atoms with Crippen molar-refractivity contribution in [2.45, 2.75) is 19.3 Å². The molecule has 4 nitrogen and oxygen atoms in total. The highest BCUT2D eigenvalue weighted by Crippen LogP contribution is 1.87. The molecule has 0 atom stereocenters. The summed E-state index contributed by atoms with van der Waals surface area (Å²) in [5, 5.41) is 0. The highest BCUT2D eigenvalue weighted by molar-refractivity contribution is 4.39. The molecule has 0 heterocycles. The molecule has 0 unspecified atom stereocenters. The van der Waals surface area contributed by atoms with Gasteiger partial charge < -0.3 is 19.9 Å². The Labute approximate surface area is 93.1 Å². The van der Waals surface area contributed by atoms with Crippen molar-refractivity contribution in [1.82, 2.24) is 0 Å². The van der Waals surface area contributed by atoms with E-state index in [1.165, 1.54) is 0 Å². The van der Waals surface area contributed by atoms with Gasteiger partial charge in [0, 0.05) is 12.8 Å². The van der Waals surface area contributed by atoms with Crippen LogP contribution in [0.1, 0.15) is 19.3 Å². The van der Waals surface area contributed by atoms with Crippen molar-refractivity contribution in [3.63, 3.8) is 0 Å². The maximum atomic E-state index is 5.31. The molecule has 0 aromatic rings. The third-order valence-electron chi connectivity index (χ3n) is 1.82. The molecule has 0 aliphatic carbocycles. The van der Waals surface area contributed by atoms with Gasteiger partial charge in [0.05, 0.1) is 59.5 Å². The quantitative estimate of drug-likeness (QED) is 0.379. The van der Waals surface area contributed by atoms with Gasteiger partial charge in [0.2, 0.25) is 0 Å². The zero-order chi connectivity index (χ0) is 11.2. The zero-order valence-corrected chi connectivity index (χ0v) is 9.71. The smallest absolute Gasteiger partial charge is 0.0872 e. The molecule has 0 aromatic heterocycles. The third kappa shape index (κ3) is 13.7. The first kappa shape index (κ1) is 14.7. The van der Waals surface area contributed by atoms with Gasteiger partial charge in [-0.25, -0.2) is 0 Å². The molecule has 0 saturated heterocycles. The topological polar surface area (TPSA) is 55.3 Å². The molecule has 0 saturated carbocycles. The molecule has 0 rings (SSSR count). The van der Waals surface area contributed by atoms with Gasteiger partial charge in [0.25, 0.3) is 0 Å². The zero-order valence-electron chi connectivity index (χ0n) is 9.71. The van der Waals surface area contributed by atoms with Crippen LogP contribution in [0.2, 0.25) is 0 Å². The summed E-state index contributed by atoms with van der Waals surface area (Å²) in [5.74, 6) is 0. The van der Waals surface area contributed by atoms with Crippen LogP contribution in [0.3, 0.4) is 0 Å². The molecule has 0 amide bonds. The summed E-state index contributed by atoms with van der Waals surface area (Å²) >= 11 is 0. The minimum absolute atomic E-state index is 0.649. The number of ether oxygens (including phenoxy) is 3. The van der Waals surface area contributed by atoms with E-state index in [-0.39, 0.29) is 0 Å². The van der Waals surface area contributed by atoms with Crippen molar-refractivity contribution < 1.29 is 19.9 Å². The maximum absolute atomic E-state index is 5.31. The molecule has 0 fully saturated rings. The Morgan fingerprint density at radius 3 is 1.67 bits per heavy atom. The highest BCUT2D eigenvalue weighted by Gasteiger charge is 1.92. The normalized spacial score (nSPS) is 10.7. The second-order valence-electron chi connectivity index (χ2n) is 3.25. The summed E-state index contributed by atoms with van der Waals surface area (Å²) in [5.41, 5.74) is 3.74. The molecule has 4 heteroatoms. The van der Waals surface area contributed by atoms with Crippen LogP contribution >= 0.6 is 0 Å². The third-order valence-corrected chi connectivity index (χ3v) is 1.82. The SMILES string of the molecule is [CH2+]CCCOCCOCCOCCC[NH3+]. The Morgan fingerprint density at radius 2 is 1.20 bits per heavy atom. The summed E-state index contributed by atoms with van der Waals surface area (Å²) < 4.78 is 15.9. The van der Waals surface area contributed by atoms with Gasteiger partial charge in [0.1, 0.15) is 0 Å². The second kappa shape index (κ2) is 13.7. The fourth-order valence-corrected chi connectivity index (χ4v) is 0.950. The van der Waals surface area contributed by atoms with Gasteiger partial charge in [-0.1, -0.05) is 0 Å². The van der Waals surface area contributed by atoms with E-state index in [0.717, 1.165) is 39.0 Å². The molecule has 0 spiro atoms. The van der Waals surface area contributed by atoms with Gasteiger partial charge in [0.15, 0.2) is 0 Å². The highest BCUT2D eigenvalue weighted by atomic mass is 16.5. The van der Waals surface area contributed by atoms with Crippen LogP contribution in [0.25, 0.3) is 0 Å². The van der Waals surface area contributed by atoms with E-state index in [4.69, 9.17) is 14.2 Å². The van der Waals surface area contributed by atoms with E-state index >= 15 is 0 Å². The Morgan fingerprint density at radius 1 is 0.733 bits per heavy atom. The van der Waals surface area contributed by atoms with Gasteiger partial charge in [-0.05, 0) is 0 Å². The molecular formula is C11H25NO3+2. The lowest BCUT2D eigenvalue weighted by Gasteiger charge is -2.05. The Hall–Kier alpha value is -0.290. The summed E-state index contributed by atoms with van der Waals surface area (Å²) in [6.45, 7) is 8.87.